The van der Waals surface area contributed by atoms with Crippen LogP contribution in [0.25, 0.3) is 0 Å². The quantitative estimate of drug-likeness (QED) is 0.799. The van der Waals surface area contributed by atoms with Crippen LogP contribution in [0.15, 0.2) is 29.2 Å². The summed E-state index contributed by atoms with van der Waals surface area (Å²) >= 11 is 0. The minimum atomic E-state index is -3.85. The van der Waals surface area contributed by atoms with Crippen LogP contribution in [0.5, 0.6) is 0 Å². The second-order valence-corrected chi connectivity index (χ2v) is 10.4. The topological polar surface area (TPSA) is 74.8 Å². The summed E-state index contributed by atoms with van der Waals surface area (Å²) in [7, 11) is -7.24. The molecule has 24 heavy (non-hydrogen) atoms. The van der Waals surface area contributed by atoms with Crippen molar-refractivity contribution in [2.75, 3.05) is 25.9 Å². The Morgan fingerprint density at radius 2 is 1.75 bits per heavy atom. The highest BCUT2D eigenvalue weighted by Crippen LogP contribution is 2.40. The van der Waals surface area contributed by atoms with E-state index in [0.29, 0.717) is 32.4 Å². The summed E-state index contributed by atoms with van der Waals surface area (Å²) in [6.45, 7) is 0.865. The summed E-state index contributed by atoms with van der Waals surface area (Å²) in [6.07, 6.45) is 3.77. The van der Waals surface area contributed by atoms with Gasteiger partial charge in [-0.15, -0.1) is 0 Å². The molecule has 0 amide bonds. The fraction of sp³-hybridized carbons (Fsp3) is 0.600. The zero-order valence-corrected chi connectivity index (χ0v) is 15.1. The lowest BCUT2D eigenvalue weighted by Crippen LogP contribution is -2.58. The number of benzene rings is 1. The van der Waals surface area contributed by atoms with Gasteiger partial charge in [-0.25, -0.2) is 21.2 Å². The molecule has 2 aliphatic rings. The van der Waals surface area contributed by atoms with Crippen molar-refractivity contribution in [1.29, 1.82) is 0 Å². The van der Waals surface area contributed by atoms with Crippen LogP contribution in [0.1, 0.15) is 25.7 Å². The third kappa shape index (κ3) is 3.10. The van der Waals surface area contributed by atoms with Crippen molar-refractivity contribution in [3.05, 3.63) is 30.1 Å². The Bertz CT molecular complexity index is 841. The van der Waals surface area contributed by atoms with Crippen molar-refractivity contribution >= 4 is 20.0 Å². The lowest BCUT2D eigenvalue weighted by atomic mass is 9.89. The number of halogens is 1. The van der Waals surface area contributed by atoms with Crippen molar-refractivity contribution in [2.24, 2.45) is 0 Å². The van der Waals surface area contributed by atoms with Gasteiger partial charge in [-0.2, -0.15) is 8.61 Å². The Morgan fingerprint density at radius 1 is 1.08 bits per heavy atom. The minimum Gasteiger partial charge on any atom is -0.212 e. The van der Waals surface area contributed by atoms with Crippen molar-refractivity contribution < 1.29 is 21.2 Å². The van der Waals surface area contributed by atoms with Gasteiger partial charge in [0.1, 0.15) is 5.82 Å². The molecule has 1 aromatic carbocycles. The van der Waals surface area contributed by atoms with Gasteiger partial charge in [0.05, 0.1) is 11.2 Å². The third-order valence-electron chi connectivity index (χ3n) is 4.89. The summed E-state index contributed by atoms with van der Waals surface area (Å²) in [4.78, 5) is -0.0940. The lowest BCUT2D eigenvalue weighted by Gasteiger charge is -2.44. The fourth-order valence-electron chi connectivity index (χ4n) is 3.89. The maximum atomic E-state index is 13.4. The smallest absolute Gasteiger partial charge is 0.212 e. The van der Waals surface area contributed by atoms with Crippen LogP contribution in [-0.2, 0) is 20.0 Å². The summed E-state index contributed by atoms with van der Waals surface area (Å²) in [5.74, 6) is -0.610. The number of piperidine rings is 1. The number of hydrogen-bond donors (Lipinski definition) is 0. The van der Waals surface area contributed by atoms with Crippen molar-refractivity contribution in [3.63, 3.8) is 0 Å². The largest absolute Gasteiger partial charge is 0.243 e. The van der Waals surface area contributed by atoms with Crippen molar-refractivity contribution in [2.45, 2.75) is 36.1 Å². The number of nitrogens with zero attached hydrogens (tertiary/aromatic N) is 2. The van der Waals surface area contributed by atoms with E-state index in [4.69, 9.17) is 0 Å². The van der Waals surface area contributed by atoms with Gasteiger partial charge in [0, 0.05) is 25.2 Å². The second-order valence-electron chi connectivity index (χ2n) is 6.56. The Labute approximate surface area is 142 Å². The maximum absolute atomic E-state index is 13.4. The Kier molecular flexibility index (Phi) is 4.48. The molecule has 2 fully saturated rings. The highest BCUT2D eigenvalue weighted by Gasteiger charge is 2.49. The van der Waals surface area contributed by atoms with Crippen LogP contribution < -0.4 is 0 Å². The molecule has 134 valence electrons. The first-order valence-electron chi connectivity index (χ1n) is 7.89. The van der Waals surface area contributed by atoms with E-state index < -0.39 is 31.4 Å². The highest BCUT2D eigenvalue weighted by atomic mass is 32.2. The predicted octanol–water partition coefficient (Wildman–Crippen LogP) is 1.40. The molecule has 0 unspecified atom stereocenters. The standard InChI is InChI=1S/C15H21FN2O4S2/c1-23(19,20)18-10-4-8-15(18)7-3-9-17(12-15)24(21,22)14-6-2-5-13(16)11-14/h2,5-6,11H,3-4,7-10,12H2,1H3/t15-/m1/s1. The molecule has 6 nitrogen and oxygen atoms in total. The SMILES string of the molecule is CS(=O)(=O)N1CCC[C@@]12CCCN(S(=O)(=O)c1cccc(F)c1)C2. The molecule has 2 saturated heterocycles. The van der Waals surface area contributed by atoms with E-state index in [1.54, 1.807) is 0 Å². The summed E-state index contributed by atoms with van der Waals surface area (Å²) in [5, 5.41) is 0. The van der Waals surface area contributed by atoms with Gasteiger partial charge in [0.25, 0.3) is 0 Å². The van der Waals surface area contributed by atoms with Crippen LogP contribution in [0.4, 0.5) is 4.39 Å². The Balaban J connectivity index is 1.94. The molecule has 0 bridgehead atoms. The molecule has 1 aromatic rings. The van der Waals surface area contributed by atoms with E-state index in [1.165, 1.54) is 33.1 Å². The molecule has 2 aliphatic heterocycles. The van der Waals surface area contributed by atoms with Crippen LogP contribution in [0.3, 0.4) is 0 Å². The molecule has 9 heteroatoms. The van der Waals surface area contributed by atoms with E-state index in [-0.39, 0.29) is 11.4 Å². The number of sulfonamides is 2. The molecule has 0 saturated carbocycles. The molecule has 0 aromatic heterocycles. The summed E-state index contributed by atoms with van der Waals surface area (Å²) in [6, 6.07) is 4.92. The van der Waals surface area contributed by atoms with Crippen LogP contribution in [0, 0.1) is 5.82 Å². The van der Waals surface area contributed by atoms with Gasteiger partial charge in [-0.3, -0.25) is 0 Å². The van der Waals surface area contributed by atoms with Gasteiger partial charge in [0.15, 0.2) is 0 Å². The van der Waals surface area contributed by atoms with Crippen LogP contribution in [-0.4, -0.2) is 56.9 Å². The average Bonchev–Trinajstić information content (AvgIpc) is 2.90. The molecule has 2 heterocycles. The molecule has 0 radical (unpaired) electrons. The zero-order valence-electron chi connectivity index (χ0n) is 13.5. The van der Waals surface area contributed by atoms with E-state index in [0.717, 1.165) is 12.5 Å². The van der Waals surface area contributed by atoms with Crippen molar-refractivity contribution in [1.82, 2.24) is 8.61 Å². The summed E-state index contributed by atoms with van der Waals surface area (Å²) in [5.41, 5.74) is -0.674. The maximum Gasteiger partial charge on any atom is 0.243 e. The number of rotatable bonds is 3. The molecular weight excluding hydrogens is 355 g/mol. The molecule has 1 spiro atoms. The van der Waals surface area contributed by atoms with E-state index in [9.17, 15) is 21.2 Å². The van der Waals surface area contributed by atoms with Crippen LogP contribution in [0.2, 0.25) is 0 Å². The zero-order chi connectivity index (χ0) is 17.6. The van der Waals surface area contributed by atoms with Gasteiger partial charge in [-0.05, 0) is 43.9 Å². The normalized spacial score (nSPS) is 26.9. The monoisotopic (exact) mass is 376 g/mol. The van der Waals surface area contributed by atoms with E-state index in [1.807, 2.05) is 0 Å². The van der Waals surface area contributed by atoms with E-state index in [2.05, 4.69) is 0 Å². The van der Waals surface area contributed by atoms with Gasteiger partial charge < -0.3 is 0 Å². The fourth-order valence-corrected chi connectivity index (χ4v) is 6.89. The first-order chi connectivity index (χ1) is 11.2. The van der Waals surface area contributed by atoms with Gasteiger partial charge >= 0.3 is 0 Å². The first kappa shape index (κ1) is 17.8. The van der Waals surface area contributed by atoms with Gasteiger partial charge in [0.2, 0.25) is 20.0 Å². The molecule has 1 atom stereocenters. The minimum absolute atomic E-state index is 0.0940. The van der Waals surface area contributed by atoms with E-state index >= 15 is 0 Å². The average molecular weight is 376 g/mol. The Morgan fingerprint density at radius 3 is 2.38 bits per heavy atom. The molecule has 3 rings (SSSR count). The first-order valence-corrected chi connectivity index (χ1v) is 11.2. The van der Waals surface area contributed by atoms with Gasteiger partial charge in [-0.1, -0.05) is 6.07 Å². The summed E-state index contributed by atoms with van der Waals surface area (Å²) < 4.78 is 66.0. The highest BCUT2D eigenvalue weighted by molar-refractivity contribution is 7.89. The predicted molar refractivity (Wildman–Crippen MR) is 87.9 cm³/mol. The molecule has 0 N–H and O–H groups in total. The molecule has 0 aliphatic carbocycles. The number of hydrogen-bond acceptors (Lipinski definition) is 4. The van der Waals surface area contributed by atoms with Crippen molar-refractivity contribution in [3.8, 4) is 0 Å². The van der Waals surface area contributed by atoms with Crippen LogP contribution >= 0.6 is 0 Å². The Hall–Kier alpha value is -1.03. The second kappa shape index (κ2) is 6.05. The lowest BCUT2D eigenvalue weighted by molar-refractivity contribution is 0.138. The molecular formula is C15H21FN2O4S2. The third-order valence-corrected chi connectivity index (χ3v) is 8.10.